The summed E-state index contributed by atoms with van der Waals surface area (Å²) in [6.45, 7) is -1.63. The van der Waals surface area contributed by atoms with Crippen molar-refractivity contribution in [2.45, 2.75) is 25.6 Å². The maximum absolute atomic E-state index is 13.0. The number of nitrogens with one attached hydrogen (secondary N) is 1. The average molecular weight is 414 g/mol. The number of ether oxygens (including phenoxy) is 1. The molecule has 154 valence electrons. The number of hydrogen-bond donors (Lipinski definition) is 1. The zero-order chi connectivity index (χ0) is 21.3. The van der Waals surface area contributed by atoms with Crippen LogP contribution >= 0.6 is 0 Å². The van der Waals surface area contributed by atoms with Gasteiger partial charge in [0.1, 0.15) is 17.8 Å². The van der Waals surface area contributed by atoms with Crippen molar-refractivity contribution in [2.75, 3.05) is 0 Å². The molecule has 0 saturated carbocycles. The number of carbonyl (C=O) groups excluding carboxylic acids is 2. The summed E-state index contributed by atoms with van der Waals surface area (Å²) in [6, 6.07) is 14.0. The van der Waals surface area contributed by atoms with Crippen LogP contribution < -0.4 is 10.1 Å². The molecule has 4 rings (SSSR count). The number of aromatic nitrogens is 2. The van der Waals surface area contributed by atoms with Crippen LogP contribution in [0.3, 0.4) is 0 Å². The quantitative estimate of drug-likeness (QED) is 0.622. The maximum atomic E-state index is 13.0. The van der Waals surface area contributed by atoms with Crippen LogP contribution in [0.5, 0.6) is 5.75 Å². The van der Waals surface area contributed by atoms with Gasteiger partial charge in [-0.1, -0.05) is 47.6 Å². The van der Waals surface area contributed by atoms with E-state index < -0.39 is 24.1 Å². The number of imide groups is 1. The van der Waals surface area contributed by atoms with Crippen LogP contribution in [-0.4, -0.2) is 33.6 Å². The lowest BCUT2D eigenvalue weighted by Gasteiger charge is -2.22. The van der Waals surface area contributed by atoms with E-state index in [-0.39, 0.29) is 18.2 Å². The minimum atomic E-state index is -2.95. The minimum Gasteiger partial charge on any atom is -0.435 e. The molecule has 0 bridgehead atoms. The molecule has 1 aromatic heterocycles. The molecule has 0 aliphatic carbocycles. The Morgan fingerprint density at radius 2 is 1.83 bits per heavy atom. The summed E-state index contributed by atoms with van der Waals surface area (Å²) in [5, 5.41) is 6.50. The molecular formula is C20H16F2N4O4. The van der Waals surface area contributed by atoms with Gasteiger partial charge in [-0.2, -0.15) is 13.8 Å². The van der Waals surface area contributed by atoms with Crippen molar-refractivity contribution in [3.63, 3.8) is 0 Å². The van der Waals surface area contributed by atoms with Crippen molar-refractivity contribution in [2.24, 2.45) is 0 Å². The highest BCUT2D eigenvalue weighted by Gasteiger charge is 2.49. The summed E-state index contributed by atoms with van der Waals surface area (Å²) in [7, 11) is 0. The summed E-state index contributed by atoms with van der Waals surface area (Å²) < 4.78 is 34.1. The summed E-state index contributed by atoms with van der Waals surface area (Å²) in [4.78, 5) is 30.6. The molecule has 2 heterocycles. The summed E-state index contributed by atoms with van der Waals surface area (Å²) >= 11 is 0. The van der Waals surface area contributed by atoms with Gasteiger partial charge in [-0.15, -0.1) is 0 Å². The second kappa shape index (κ2) is 7.54. The van der Waals surface area contributed by atoms with Gasteiger partial charge in [-0.05, 0) is 24.6 Å². The fourth-order valence-corrected chi connectivity index (χ4v) is 3.16. The summed E-state index contributed by atoms with van der Waals surface area (Å²) in [5.74, 6) is -0.142. The van der Waals surface area contributed by atoms with E-state index in [9.17, 15) is 18.4 Å². The first-order chi connectivity index (χ1) is 14.4. The normalized spacial score (nSPS) is 18.7. The van der Waals surface area contributed by atoms with E-state index in [0.29, 0.717) is 11.4 Å². The van der Waals surface area contributed by atoms with Crippen LogP contribution in [0, 0.1) is 0 Å². The van der Waals surface area contributed by atoms with E-state index in [4.69, 9.17) is 4.52 Å². The Morgan fingerprint density at radius 3 is 2.50 bits per heavy atom. The molecule has 2 aromatic carbocycles. The molecule has 1 aliphatic rings. The lowest BCUT2D eigenvalue weighted by molar-refractivity contribution is -0.131. The Morgan fingerprint density at radius 1 is 1.13 bits per heavy atom. The Labute approximate surface area is 169 Å². The third kappa shape index (κ3) is 3.59. The van der Waals surface area contributed by atoms with Crippen molar-refractivity contribution in [3.05, 3.63) is 66.1 Å². The fraction of sp³-hybridized carbons (Fsp3) is 0.200. The molecule has 1 unspecified atom stereocenters. The molecule has 0 radical (unpaired) electrons. The number of halogens is 2. The van der Waals surface area contributed by atoms with Crippen LogP contribution in [0.4, 0.5) is 13.6 Å². The first-order valence-corrected chi connectivity index (χ1v) is 8.94. The monoisotopic (exact) mass is 414 g/mol. The number of nitrogens with zero attached hydrogens (tertiary/aromatic N) is 3. The van der Waals surface area contributed by atoms with Gasteiger partial charge in [0, 0.05) is 5.56 Å². The maximum Gasteiger partial charge on any atom is 0.387 e. The van der Waals surface area contributed by atoms with E-state index in [2.05, 4.69) is 20.2 Å². The van der Waals surface area contributed by atoms with Gasteiger partial charge in [0.2, 0.25) is 11.7 Å². The largest absolute Gasteiger partial charge is 0.435 e. The van der Waals surface area contributed by atoms with Gasteiger partial charge < -0.3 is 14.6 Å². The highest BCUT2D eigenvalue weighted by molar-refractivity contribution is 6.07. The zero-order valence-electron chi connectivity index (χ0n) is 15.7. The molecule has 1 N–H and O–H groups in total. The van der Waals surface area contributed by atoms with E-state index in [1.165, 1.54) is 31.2 Å². The Kier molecular flexibility index (Phi) is 4.90. The zero-order valence-corrected chi connectivity index (χ0v) is 15.7. The molecule has 0 spiro atoms. The van der Waals surface area contributed by atoms with Crippen molar-refractivity contribution in [1.82, 2.24) is 20.4 Å². The molecule has 1 saturated heterocycles. The molecule has 8 nitrogen and oxygen atoms in total. The molecule has 1 aliphatic heterocycles. The average Bonchev–Trinajstić information content (AvgIpc) is 3.28. The number of amides is 3. The lowest BCUT2D eigenvalue weighted by atomic mass is 9.92. The first-order valence-electron chi connectivity index (χ1n) is 8.94. The second-order valence-corrected chi connectivity index (χ2v) is 6.73. The first kappa shape index (κ1) is 19.5. The summed E-state index contributed by atoms with van der Waals surface area (Å²) in [5.41, 5.74) is -0.218. The van der Waals surface area contributed by atoms with E-state index >= 15 is 0 Å². The van der Waals surface area contributed by atoms with Gasteiger partial charge in [-0.3, -0.25) is 9.69 Å². The summed E-state index contributed by atoms with van der Waals surface area (Å²) in [6.07, 6.45) is 0. The highest BCUT2D eigenvalue weighted by atomic mass is 19.3. The lowest BCUT2D eigenvalue weighted by Crippen LogP contribution is -2.40. The Balaban J connectivity index is 1.52. The highest BCUT2D eigenvalue weighted by Crippen LogP contribution is 2.31. The topological polar surface area (TPSA) is 97.6 Å². The smallest absolute Gasteiger partial charge is 0.387 e. The molecule has 10 heteroatoms. The third-order valence-corrected chi connectivity index (χ3v) is 4.73. The Hall–Kier alpha value is -3.82. The molecule has 1 fully saturated rings. The number of hydrogen-bond acceptors (Lipinski definition) is 6. The predicted octanol–water partition coefficient (Wildman–Crippen LogP) is 3.31. The van der Waals surface area contributed by atoms with Gasteiger partial charge in [0.15, 0.2) is 0 Å². The van der Waals surface area contributed by atoms with Crippen molar-refractivity contribution in [3.8, 4) is 17.1 Å². The van der Waals surface area contributed by atoms with Gasteiger partial charge in [0.25, 0.3) is 5.91 Å². The van der Waals surface area contributed by atoms with E-state index in [1.54, 1.807) is 12.1 Å². The van der Waals surface area contributed by atoms with Gasteiger partial charge in [0.05, 0.1) is 0 Å². The standard InChI is InChI=1S/C20H16F2N4O4/c1-20(13-7-9-14(10-8-13)29-18(21)22)17(27)26(19(28)24-20)11-15-23-16(25-30-15)12-5-3-2-4-6-12/h2-10,18H,11H2,1H3,(H,24,28). The number of benzene rings is 2. The number of urea groups is 1. The van der Waals surface area contributed by atoms with E-state index in [0.717, 1.165) is 10.5 Å². The fourth-order valence-electron chi connectivity index (χ4n) is 3.16. The molecule has 1 atom stereocenters. The minimum absolute atomic E-state index is 0.0507. The van der Waals surface area contributed by atoms with Crippen LogP contribution in [-0.2, 0) is 16.9 Å². The van der Waals surface area contributed by atoms with Crippen molar-refractivity contribution in [1.29, 1.82) is 0 Å². The van der Waals surface area contributed by atoms with Gasteiger partial charge in [-0.25, -0.2) is 4.79 Å². The number of alkyl halides is 2. The molecule has 3 aromatic rings. The van der Waals surface area contributed by atoms with Crippen LogP contribution in [0.2, 0.25) is 0 Å². The van der Waals surface area contributed by atoms with Crippen LogP contribution in [0.1, 0.15) is 18.4 Å². The predicted molar refractivity (Wildman–Crippen MR) is 99.2 cm³/mol. The number of rotatable bonds is 6. The van der Waals surface area contributed by atoms with Crippen LogP contribution in [0.15, 0.2) is 59.1 Å². The second-order valence-electron chi connectivity index (χ2n) is 6.73. The van der Waals surface area contributed by atoms with Crippen molar-refractivity contribution >= 4 is 11.9 Å². The van der Waals surface area contributed by atoms with E-state index in [1.807, 2.05) is 18.2 Å². The molecule has 3 amide bonds. The SMILES string of the molecule is CC1(c2ccc(OC(F)F)cc2)NC(=O)N(Cc2nc(-c3ccccc3)no2)C1=O. The van der Waals surface area contributed by atoms with Crippen LogP contribution in [0.25, 0.3) is 11.4 Å². The molecular weight excluding hydrogens is 398 g/mol. The third-order valence-electron chi connectivity index (χ3n) is 4.73. The number of carbonyl (C=O) groups is 2. The molecule has 30 heavy (non-hydrogen) atoms. The van der Waals surface area contributed by atoms with Gasteiger partial charge >= 0.3 is 12.6 Å². The van der Waals surface area contributed by atoms with Crippen molar-refractivity contribution < 1.29 is 27.6 Å². The Bertz CT molecular complexity index is 1070.